The summed E-state index contributed by atoms with van der Waals surface area (Å²) in [5, 5.41) is 0.283. The Hall–Kier alpha value is -2.77. The number of aromatic nitrogens is 3. The van der Waals surface area contributed by atoms with E-state index in [4.69, 9.17) is 16.3 Å². The molecule has 0 bridgehead atoms. The van der Waals surface area contributed by atoms with Gasteiger partial charge < -0.3 is 19.4 Å². The summed E-state index contributed by atoms with van der Waals surface area (Å²) in [5.41, 5.74) is 1.16. The van der Waals surface area contributed by atoms with Crippen LogP contribution in [0.2, 0.25) is 5.15 Å². The van der Waals surface area contributed by atoms with Crippen molar-refractivity contribution in [2.45, 2.75) is 44.6 Å². The van der Waals surface area contributed by atoms with Crippen LogP contribution in [0.15, 0.2) is 18.3 Å². The summed E-state index contributed by atoms with van der Waals surface area (Å²) in [6.07, 6.45) is 1.41. The molecule has 0 unspecified atom stereocenters. The summed E-state index contributed by atoms with van der Waals surface area (Å²) < 4.78 is 50.3. The van der Waals surface area contributed by atoms with Crippen molar-refractivity contribution in [3.63, 3.8) is 0 Å². The van der Waals surface area contributed by atoms with Gasteiger partial charge in [0.1, 0.15) is 17.6 Å². The molecule has 38 heavy (non-hydrogen) atoms. The highest BCUT2D eigenvalue weighted by Crippen LogP contribution is 2.37. The minimum atomic E-state index is -3.64. The van der Waals surface area contributed by atoms with Crippen molar-refractivity contribution in [1.82, 2.24) is 24.2 Å². The molecule has 2 aliphatic heterocycles. The van der Waals surface area contributed by atoms with E-state index in [1.807, 2.05) is 6.92 Å². The van der Waals surface area contributed by atoms with Gasteiger partial charge in [0.15, 0.2) is 11.0 Å². The molecule has 2 saturated heterocycles. The molecule has 0 saturated carbocycles. The van der Waals surface area contributed by atoms with Gasteiger partial charge in [0.05, 0.1) is 24.8 Å². The number of H-pyrrole nitrogens is 1. The first-order valence-electron chi connectivity index (χ1n) is 12.4. The summed E-state index contributed by atoms with van der Waals surface area (Å²) in [6, 6.07) is 2.79. The molecule has 0 aromatic carbocycles. The number of sulfonamides is 1. The van der Waals surface area contributed by atoms with E-state index in [-0.39, 0.29) is 47.7 Å². The van der Waals surface area contributed by atoms with Crippen LogP contribution in [0.1, 0.15) is 44.2 Å². The Kier molecular flexibility index (Phi) is 8.89. The Morgan fingerprint density at radius 1 is 1.21 bits per heavy atom. The smallest absolute Gasteiger partial charge is 0.438 e. The molecular weight excluding hydrogens is 541 g/mol. The zero-order valence-corrected chi connectivity index (χ0v) is 22.8. The summed E-state index contributed by atoms with van der Waals surface area (Å²) in [6.45, 7) is 3.32. The molecule has 2 aromatic rings. The zero-order chi connectivity index (χ0) is 27.4. The van der Waals surface area contributed by atoms with E-state index < -0.39 is 22.0 Å². The lowest BCUT2D eigenvalue weighted by Crippen LogP contribution is -2.45. The van der Waals surface area contributed by atoms with Crippen molar-refractivity contribution >= 4 is 33.7 Å². The fourth-order valence-corrected chi connectivity index (χ4v) is 6.76. The first kappa shape index (κ1) is 28.2. The van der Waals surface area contributed by atoms with Gasteiger partial charge in [-0.25, -0.2) is 31.9 Å². The normalized spacial score (nSPS) is 21.3. The first-order chi connectivity index (χ1) is 18.1. The maximum Gasteiger partial charge on any atom is 0.508 e. The quantitative estimate of drug-likeness (QED) is 0.501. The Bertz CT molecular complexity index is 1250. The SMILES string of the molecule is COC(=O)OC1CCN(C(=O)CCS(=O)(=O)N2CC[C@@H](c3[nH]c(-c4ccc(F)cn4)nc3Cl)[C@@H](C)C2)CC1. The molecule has 4 rings (SSSR count). The predicted molar refractivity (Wildman–Crippen MR) is 136 cm³/mol. The van der Waals surface area contributed by atoms with E-state index >= 15 is 0 Å². The fourth-order valence-electron chi connectivity index (χ4n) is 4.95. The van der Waals surface area contributed by atoms with Crippen molar-refractivity contribution in [3.05, 3.63) is 35.0 Å². The van der Waals surface area contributed by atoms with Crippen LogP contribution in [0.3, 0.4) is 0 Å². The molecule has 4 heterocycles. The molecule has 2 atom stereocenters. The number of methoxy groups -OCH3 is 1. The van der Waals surface area contributed by atoms with E-state index in [1.54, 1.807) is 4.90 Å². The van der Waals surface area contributed by atoms with E-state index in [0.29, 0.717) is 56.1 Å². The number of nitrogens with zero attached hydrogens (tertiary/aromatic N) is 4. The van der Waals surface area contributed by atoms with Crippen molar-refractivity contribution < 1.29 is 31.9 Å². The number of piperidine rings is 2. The summed E-state index contributed by atoms with van der Waals surface area (Å²) in [7, 11) is -2.41. The van der Waals surface area contributed by atoms with Gasteiger partial charge in [-0.3, -0.25) is 4.79 Å². The molecule has 2 aliphatic rings. The average Bonchev–Trinajstić information content (AvgIpc) is 3.29. The Morgan fingerprint density at radius 3 is 2.58 bits per heavy atom. The number of rotatable bonds is 7. The molecule has 2 fully saturated rings. The Balaban J connectivity index is 1.30. The molecule has 208 valence electrons. The number of carbonyl (C=O) groups is 2. The molecule has 1 amide bonds. The lowest BCUT2D eigenvalue weighted by molar-refractivity contribution is -0.132. The summed E-state index contributed by atoms with van der Waals surface area (Å²) in [4.78, 5) is 37.0. The van der Waals surface area contributed by atoms with Crippen LogP contribution in [0.4, 0.5) is 9.18 Å². The first-order valence-corrected chi connectivity index (χ1v) is 14.4. The molecule has 14 heteroatoms. The van der Waals surface area contributed by atoms with E-state index in [1.165, 1.54) is 23.5 Å². The third kappa shape index (κ3) is 6.62. The standard InChI is InChI=1S/C24H31ClFN5O6S/c1-15-14-31(11-7-18(15)21-22(25)29-23(28-21)19-4-3-16(26)13-27-19)38(34,35)12-8-20(32)30-9-5-17(6-10-30)37-24(33)36-2/h3-4,13,15,17-18H,5-12,14H2,1-2H3,(H,28,29)/t15-,18+/m0/s1. The molecule has 11 nitrogen and oxygen atoms in total. The van der Waals surface area contributed by atoms with Gasteiger partial charge in [0, 0.05) is 51.4 Å². The number of halogens is 2. The lowest BCUT2D eigenvalue weighted by atomic mass is 9.86. The average molecular weight is 572 g/mol. The molecule has 2 aromatic heterocycles. The third-order valence-electron chi connectivity index (χ3n) is 7.09. The largest absolute Gasteiger partial charge is 0.508 e. The lowest BCUT2D eigenvalue weighted by Gasteiger charge is -2.36. The van der Waals surface area contributed by atoms with Crippen LogP contribution < -0.4 is 0 Å². The van der Waals surface area contributed by atoms with Crippen LogP contribution in [-0.2, 0) is 24.3 Å². The topological polar surface area (TPSA) is 135 Å². The second kappa shape index (κ2) is 12.0. The number of imidazole rings is 1. The number of likely N-dealkylation sites (tertiary alicyclic amines) is 1. The maximum atomic E-state index is 13.2. The minimum absolute atomic E-state index is 0.0502. The highest BCUT2D eigenvalue weighted by Gasteiger charge is 2.36. The predicted octanol–water partition coefficient (Wildman–Crippen LogP) is 3.18. The highest BCUT2D eigenvalue weighted by molar-refractivity contribution is 7.89. The minimum Gasteiger partial charge on any atom is -0.438 e. The number of pyridine rings is 1. The van der Waals surface area contributed by atoms with Crippen molar-refractivity contribution in [3.8, 4) is 11.5 Å². The monoisotopic (exact) mass is 571 g/mol. The summed E-state index contributed by atoms with van der Waals surface area (Å²) in [5.74, 6) is -0.649. The van der Waals surface area contributed by atoms with Gasteiger partial charge >= 0.3 is 6.16 Å². The van der Waals surface area contributed by atoms with Crippen LogP contribution in [0, 0.1) is 11.7 Å². The molecule has 1 N–H and O–H groups in total. The van der Waals surface area contributed by atoms with E-state index in [9.17, 15) is 22.4 Å². The number of amides is 1. The van der Waals surface area contributed by atoms with E-state index in [0.717, 1.165) is 6.20 Å². The van der Waals surface area contributed by atoms with Gasteiger partial charge in [-0.05, 0) is 24.5 Å². The van der Waals surface area contributed by atoms with Crippen LogP contribution in [0.5, 0.6) is 0 Å². The zero-order valence-electron chi connectivity index (χ0n) is 21.2. The van der Waals surface area contributed by atoms with Gasteiger partial charge in [-0.1, -0.05) is 18.5 Å². The Labute approximate surface area is 225 Å². The number of carbonyl (C=O) groups excluding carboxylic acids is 2. The molecule has 0 aliphatic carbocycles. The molecule has 0 spiro atoms. The van der Waals surface area contributed by atoms with Gasteiger partial charge in [-0.15, -0.1) is 0 Å². The second-order valence-corrected chi connectivity index (χ2v) is 12.0. The third-order valence-corrected chi connectivity index (χ3v) is 9.21. The van der Waals surface area contributed by atoms with Crippen LogP contribution in [-0.4, -0.2) is 89.8 Å². The van der Waals surface area contributed by atoms with Gasteiger partial charge in [0.2, 0.25) is 15.9 Å². The van der Waals surface area contributed by atoms with Gasteiger partial charge in [0.25, 0.3) is 0 Å². The second-order valence-electron chi connectivity index (χ2n) is 9.60. The number of hydrogen-bond acceptors (Lipinski definition) is 8. The summed E-state index contributed by atoms with van der Waals surface area (Å²) >= 11 is 6.40. The molecule has 0 radical (unpaired) electrons. The Morgan fingerprint density at radius 2 is 1.95 bits per heavy atom. The van der Waals surface area contributed by atoms with Crippen LogP contribution >= 0.6 is 11.6 Å². The van der Waals surface area contributed by atoms with Crippen LogP contribution in [0.25, 0.3) is 11.5 Å². The fraction of sp³-hybridized carbons (Fsp3) is 0.583. The van der Waals surface area contributed by atoms with Crippen molar-refractivity contribution in [2.24, 2.45) is 5.92 Å². The highest BCUT2D eigenvalue weighted by atomic mass is 35.5. The van der Waals surface area contributed by atoms with Crippen molar-refractivity contribution in [2.75, 3.05) is 39.0 Å². The number of aromatic amines is 1. The van der Waals surface area contributed by atoms with Gasteiger partial charge in [-0.2, -0.15) is 0 Å². The van der Waals surface area contributed by atoms with E-state index in [2.05, 4.69) is 19.7 Å². The number of nitrogens with one attached hydrogen (secondary N) is 1. The number of ether oxygens (including phenoxy) is 2. The maximum absolute atomic E-state index is 13.2. The van der Waals surface area contributed by atoms with Crippen molar-refractivity contribution in [1.29, 1.82) is 0 Å². The molecular formula is C24H31ClFN5O6S. The number of hydrogen-bond donors (Lipinski definition) is 1.